The standard InChI is InChI=1S/C30H42N4O6/c1-19(2)15-25(27(35)16-21(5)28(36)31-18-20(3)4)32-30(38)26(17-22-9-7-6-8-10-22)33-29(37)23-11-13-24(14-12-23)34(39)40/h6-14,19-21,25-27,35H,15-18H2,1-5H3,(H,31,36)(H,32,38)(H,33,37)/t21-,25+,26+,27+/m1/s1. The minimum Gasteiger partial charge on any atom is -0.391 e. The number of hydrogen-bond acceptors (Lipinski definition) is 6. The van der Waals surface area contributed by atoms with E-state index < -0.39 is 40.8 Å². The molecule has 10 nitrogen and oxygen atoms in total. The van der Waals surface area contributed by atoms with Gasteiger partial charge in [0.15, 0.2) is 0 Å². The SMILES string of the molecule is CC(C)CNC(=O)[C@H](C)C[C@H](O)[C@H](CC(C)C)NC(=O)[C@H](Cc1ccccc1)NC(=O)c1ccc([N+](=O)[O-])cc1. The van der Waals surface area contributed by atoms with Gasteiger partial charge in [0, 0.05) is 36.6 Å². The fourth-order valence-electron chi connectivity index (χ4n) is 4.25. The summed E-state index contributed by atoms with van der Waals surface area (Å²) in [6.45, 7) is 10.2. The summed E-state index contributed by atoms with van der Waals surface area (Å²) >= 11 is 0. The molecule has 0 saturated heterocycles. The zero-order valence-corrected chi connectivity index (χ0v) is 23.9. The highest BCUT2D eigenvalue weighted by Crippen LogP contribution is 2.17. The molecular formula is C30H42N4O6. The van der Waals surface area contributed by atoms with Crippen molar-refractivity contribution in [2.45, 2.75) is 72.1 Å². The zero-order valence-electron chi connectivity index (χ0n) is 23.9. The molecule has 0 unspecified atom stereocenters. The van der Waals surface area contributed by atoms with Gasteiger partial charge in [-0.25, -0.2) is 0 Å². The highest BCUT2D eigenvalue weighted by atomic mass is 16.6. The maximum absolute atomic E-state index is 13.5. The first kappa shape index (κ1) is 32.4. The summed E-state index contributed by atoms with van der Waals surface area (Å²) in [4.78, 5) is 49.4. The van der Waals surface area contributed by atoms with Crippen LogP contribution in [0.15, 0.2) is 54.6 Å². The molecular weight excluding hydrogens is 512 g/mol. The number of benzene rings is 2. The highest BCUT2D eigenvalue weighted by Gasteiger charge is 2.30. The van der Waals surface area contributed by atoms with Gasteiger partial charge in [0.1, 0.15) is 6.04 Å². The molecule has 4 atom stereocenters. The van der Waals surface area contributed by atoms with Gasteiger partial charge in [-0.2, -0.15) is 0 Å². The van der Waals surface area contributed by atoms with Crippen LogP contribution in [0.4, 0.5) is 5.69 Å². The molecule has 2 rings (SSSR count). The number of rotatable bonds is 15. The molecule has 40 heavy (non-hydrogen) atoms. The van der Waals surface area contributed by atoms with E-state index in [1.165, 1.54) is 24.3 Å². The molecule has 0 saturated carbocycles. The van der Waals surface area contributed by atoms with Crippen molar-refractivity contribution in [2.75, 3.05) is 6.54 Å². The van der Waals surface area contributed by atoms with Gasteiger partial charge >= 0.3 is 0 Å². The van der Waals surface area contributed by atoms with Crippen molar-refractivity contribution < 1.29 is 24.4 Å². The summed E-state index contributed by atoms with van der Waals surface area (Å²) in [5, 5.41) is 30.6. The number of carbonyl (C=O) groups is 3. The van der Waals surface area contributed by atoms with Gasteiger partial charge in [-0.1, -0.05) is 65.0 Å². The lowest BCUT2D eigenvalue weighted by Gasteiger charge is -2.29. The number of nitro benzene ring substituents is 1. The Kier molecular flexibility index (Phi) is 12.7. The fraction of sp³-hybridized carbons (Fsp3) is 0.500. The Morgan fingerprint density at radius 3 is 2.02 bits per heavy atom. The van der Waals surface area contributed by atoms with E-state index >= 15 is 0 Å². The maximum atomic E-state index is 13.5. The Labute approximate surface area is 236 Å². The number of nitrogens with zero attached hydrogens (tertiary/aromatic N) is 1. The molecule has 0 spiro atoms. The summed E-state index contributed by atoms with van der Waals surface area (Å²) in [6.07, 6.45) is -0.139. The van der Waals surface area contributed by atoms with Crippen molar-refractivity contribution in [3.8, 4) is 0 Å². The van der Waals surface area contributed by atoms with E-state index in [0.717, 1.165) is 5.56 Å². The first-order valence-electron chi connectivity index (χ1n) is 13.7. The van der Waals surface area contributed by atoms with Crippen molar-refractivity contribution in [1.29, 1.82) is 0 Å². The molecule has 0 aliphatic rings. The number of carbonyl (C=O) groups excluding carboxylic acids is 3. The van der Waals surface area contributed by atoms with Crippen molar-refractivity contribution in [2.24, 2.45) is 17.8 Å². The van der Waals surface area contributed by atoms with E-state index in [1.54, 1.807) is 6.92 Å². The number of aliphatic hydroxyl groups excluding tert-OH is 1. The molecule has 218 valence electrons. The molecule has 10 heteroatoms. The number of hydrogen-bond donors (Lipinski definition) is 4. The van der Waals surface area contributed by atoms with Gasteiger partial charge in [-0.15, -0.1) is 0 Å². The third kappa shape index (κ3) is 10.8. The van der Waals surface area contributed by atoms with E-state index in [4.69, 9.17) is 0 Å². The van der Waals surface area contributed by atoms with Crippen LogP contribution >= 0.6 is 0 Å². The van der Waals surface area contributed by atoms with Crippen molar-refractivity contribution in [3.05, 3.63) is 75.8 Å². The van der Waals surface area contributed by atoms with Crippen LogP contribution in [-0.2, 0) is 16.0 Å². The van der Waals surface area contributed by atoms with Gasteiger partial charge < -0.3 is 21.1 Å². The van der Waals surface area contributed by atoms with Crippen LogP contribution in [0.3, 0.4) is 0 Å². The first-order chi connectivity index (χ1) is 18.9. The molecule has 0 radical (unpaired) electrons. The summed E-state index contributed by atoms with van der Waals surface area (Å²) < 4.78 is 0. The minimum atomic E-state index is -0.978. The Bertz CT molecular complexity index is 1120. The monoisotopic (exact) mass is 554 g/mol. The molecule has 0 aromatic heterocycles. The maximum Gasteiger partial charge on any atom is 0.269 e. The van der Waals surface area contributed by atoms with Crippen LogP contribution in [0, 0.1) is 27.9 Å². The number of amides is 3. The van der Waals surface area contributed by atoms with Crippen LogP contribution in [0.2, 0.25) is 0 Å². The second-order valence-corrected chi connectivity index (χ2v) is 11.1. The second-order valence-electron chi connectivity index (χ2n) is 11.1. The Balaban J connectivity index is 2.20. The Morgan fingerprint density at radius 2 is 1.48 bits per heavy atom. The molecule has 0 aliphatic heterocycles. The van der Waals surface area contributed by atoms with Gasteiger partial charge in [-0.3, -0.25) is 24.5 Å². The molecule has 4 N–H and O–H groups in total. The van der Waals surface area contributed by atoms with E-state index in [9.17, 15) is 29.6 Å². The zero-order chi connectivity index (χ0) is 29.8. The quantitative estimate of drug-likeness (QED) is 0.195. The van der Waals surface area contributed by atoms with Crippen LogP contribution in [-0.4, -0.2) is 52.5 Å². The van der Waals surface area contributed by atoms with Crippen LogP contribution < -0.4 is 16.0 Å². The lowest BCUT2D eigenvalue weighted by Crippen LogP contribution is -2.54. The summed E-state index contributed by atoms with van der Waals surface area (Å²) in [5.41, 5.74) is 0.854. The molecule has 0 bridgehead atoms. The summed E-state index contributed by atoms with van der Waals surface area (Å²) in [5.74, 6) is -1.19. The predicted octanol–water partition coefficient (Wildman–Crippen LogP) is 3.63. The number of nitrogens with one attached hydrogen (secondary N) is 3. The predicted molar refractivity (Wildman–Crippen MR) is 154 cm³/mol. The average Bonchev–Trinajstić information content (AvgIpc) is 2.91. The Hall–Kier alpha value is -3.79. The molecule has 2 aromatic rings. The molecule has 0 heterocycles. The number of aliphatic hydroxyl groups is 1. The molecule has 0 fully saturated rings. The topological polar surface area (TPSA) is 151 Å². The average molecular weight is 555 g/mol. The van der Waals surface area contributed by atoms with E-state index in [-0.39, 0.29) is 35.9 Å². The van der Waals surface area contributed by atoms with E-state index in [0.29, 0.717) is 18.9 Å². The lowest BCUT2D eigenvalue weighted by molar-refractivity contribution is -0.384. The van der Waals surface area contributed by atoms with Gasteiger partial charge in [-0.05, 0) is 42.4 Å². The third-order valence-corrected chi connectivity index (χ3v) is 6.49. The smallest absolute Gasteiger partial charge is 0.269 e. The van der Waals surface area contributed by atoms with Gasteiger partial charge in [0.2, 0.25) is 11.8 Å². The summed E-state index contributed by atoms with van der Waals surface area (Å²) in [6, 6.07) is 12.7. The van der Waals surface area contributed by atoms with Gasteiger partial charge in [0.25, 0.3) is 11.6 Å². The van der Waals surface area contributed by atoms with Crippen molar-refractivity contribution in [3.63, 3.8) is 0 Å². The van der Waals surface area contributed by atoms with E-state index in [2.05, 4.69) is 16.0 Å². The van der Waals surface area contributed by atoms with Crippen LogP contribution in [0.25, 0.3) is 0 Å². The fourth-order valence-corrected chi connectivity index (χ4v) is 4.25. The normalized spacial score (nSPS) is 14.2. The molecule has 2 aromatic carbocycles. The number of nitro groups is 1. The largest absolute Gasteiger partial charge is 0.391 e. The first-order valence-corrected chi connectivity index (χ1v) is 13.7. The molecule has 3 amide bonds. The lowest BCUT2D eigenvalue weighted by atomic mass is 9.92. The highest BCUT2D eigenvalue weighted by molar-refractivity contribution is 5.97. The van der Waals surface area contributed by atoms with Gasteiger partial charge in [0.05, 0.1) is 17.1 Å². The summed E-state index contributed by atoms with van der Waals surface area (Å²) in [7, 11) is 0. The molecule has 0 aliphatic carbocycles. The van der Waals surface area contributed by atoms with E-state index in [1.807, 2.05) is 58.0 Å². The van der Waals surface area contributed by atoms with Crippen LogP contribution in [0.1, 0.15) is 63.4 Å². The van der Waals surface area contributed by atoms with Crippen molar-refractivity contribution in [1.82, 2.24) is 16.0 Å². The third-order valence-electron chi connectivity index (χ3n) is 6.49. The number of non-ortho nitro benzene ring substituents is 1. The Morgan fingerprint density at radius 1 is 0.850 bits per heavy atom. The second kappa shape index (κ2) is 15.7. The van der Waals surface area contributed by atoms with Crippen LogP contribution in [0.5, 0.6) is 0 Å². The van der Waals surface area contributed by atoms with Crippen molar-refractivity contribution >= 4 is 23.4 Å². The minimum absolute atomic E-state index is 0.146.